The average Bonchev–Trinajstić information content (AvgIpc) is 2.55. The first kappa shape index (κ1) is 23.5. The van der Waals surface area contributed by atoms with Crippen molar-refractivity contribution >= 4 is 12.2 Å². The monoisotopic (exact) mass is 385 g/mol. The molecular weight excluding hydrogens is 346 g/mol. The van der Waals surface area contributed by atoms with Gasteiger partial charge in [0.05, 0.1) is 0 Å². The molecule has 0 bridgehead atoms. The molecule has 7 nitrogen and oxygen atoms in total. The summed E-state index contributed by atoms with van der Waals surface area (Å²) in [6.45, 7) is 12.4. The Balaban J connectivity index is 2.52. The van der Waals surface area contributed by atoms with Gasteiger partial charge in [-0.25, -0.2) is 9.59 Å². The van der Waals surface area contributed by atoms with Crippen LogP contribution in [-0.4, -0.2) is 61.0 Å². The van der Waals surface area contributed by atoms with Gasteiger partial charge in [-0.3, -0.25) is 4.90 Å². The lowest BCUT2D eigenvalue weighted by Crippen LogP contribution is -2.63. The highest BCUT2D eigenvalue weighted by atomic mass is 16.6. The van der Waals surface area contributed by atoms with E-state index in [-0.39, 0.29) is 23.3 Å². The van der Waals surface area contributed by atoms with Crippen LogP contribution in [0.5, 0.6) is 0 Å². The maximum absolute atomic E-state index is 12.1. The van der Waals surface area contributed by atoms with Crippen molar-refractivity contribution in [2.24, 2.45) is 0 Å². The Hall–Kier alpha value is -1.50. The number of rotatable bonds is 9. The molecule has 0 atom stereocenters. The third-order valence-corrected chi connectivity index (χ3v) is 5.24. The summed E-state index contributed by atoms with van der Waals surface area (Å²) in [6.07, 6.45) is 5.14. The topological polar surface area (TPSA) is 79.9 Å². The molecule has 1 aliphatic heterocycles. The molecule has 0 radical (unpaired) electrons. The maximum atomic E-state index is 12.1. The van der Waals surface area contributed by atoms with E-state index >= 15 is 0 Å². The molecule has 0 aromatic carbocycles. The highest BCUT2D eigenvalue weighted by molar-refractivity contribution is 5.67. The summed E-state index contributed by atoms with van der Waals surface area (Å²) in [5.41, 5.74) is -0.334. The summed E-state index contributed by atoms with van der Waals surface area (Å²) in [5, 5.41) is 5.33. The summed E-state index contributed by atoms with van der Waals surface area (Å²) in [4.78, 5) is 25.7. The molecule has 0 aromatic heterocycles. The van der Waals surface area contributed by atoms with E-state index in [0.29, 0.717) is 19.7 Å². The Kier molecular flexibility index (Phi) is 9.36. The van der Waals surface area contributed by atoms with Crippen LogP contribution in [0.15, 0.2) is 0 Å². The minimum Gasteiger partial charge on any atom is -0.448 e. The van der Waals surface area contributed by atoms with Gasteiger partial charge in [-0.2, -0.15) is 0 Å². The number of likely N-dealkylation sites (tertiary alicyclic amines) is 1. The Morgan fingerprint density at radius 3 is 2.22 bits per heavy atom. The van der Waals surface area contributed by atoms with E-state index < -0.39 is 6.09 Å². The molecule has 2 N–H and O–H groups in total. The van der Waals surface area contributed by atoms with E-state index in [1.54, 1.807) is 7.05 Å². The normalized spacial score (nSPS) is 19.3. The van der Waals surface area contributed by atoms with Crippen LogP contribution in [0.3, 0.4) is 0 Å². The largest absolute Gasteiger partial charge is 0.448 e. The third-order valence-electron chi connectivity index (χ3n) is 5.24. The predicted octanol–water partition coefficient (Wildman–Crippen LogP) is 3.67. The molecule has 0 unspecified atom stereocenters. The van der Waals surface area contributed by atoms with Crippen LogP contribution >= 0.6 is 0 Å². The molecule has 1 aliphatic rings. The van der Waals surface area contributed by atoms with Crippen molar-refractivity contribution in [2.45, 2.75) is 90.3 Å². The Labute approximate surface area is 164 Å². The van der Waals surface area contributed by atoms with Crippen LogP contribution in [0.4, 0.5) is 9.59 Å². The number of piperidine rings is 1. The summed E-state index contributed by atoms with van der Waals surface area (Å²) in [6, 6.07) is 0. The molecular formula is C20H39N3O4. The number of nitrogens with one attached hydrogen (secondary N) is 2. The highest BCUT2D eigenvalue weighted by Gasteiger charge is 2.46. The fourth-order valence-electron chi connectivity index (χ4n) is 4.15. The third kappa shape index (κ3) is 7.95. The molecule has 1 saturated heterocycles. The summed E-state index contributed by atoms with van der Waals surface area (Å²) < 4.78 is 10.9. The van der Waals surface area contributed by atoms with Crippen LogP contribution in [0, 0.1) is 0 Å². The fraction of sp³-hybridized carbons (Fsp3) is 0.900. The average molecular weight is 386 g/mol. The van der Waals surface area contributed by atoms with Crippen LogP contribution in [0.2, 0.25) is 0 Å². The highest BCUT2D eigenvalue weighted by Crippen LogP contribution is 2.39. The number of alkyl carbamates (subject to hydrolysis) is 2. The number of amides is 2. The van der Waals surface area contributed by atoms with Gasteiger partial charge in [-0.05, 0) is 34.1 Å². The van der Waals surface area contributed by atoms with Gasteiger partial charge in [0, 0.05) is 44.1 Å². The summed E-state index contributed by atoms with van der Waals surface area (Å²) in [7, 11) is 1.55. The van der Waals surface area contributed by atoms with Crippen molar-refractivity contribution < 1.29 is 19.1 Å². The number of hydrogen-bond donors (Lipinski definition) is 2. The molecule has 2 amide bonds. The van der Waals surface area contributed by atoms with Gasteiger partial charge < -0.3 is 20.1 Å². The second-order valence-corrected chi connectivity index (χ2v) is 8.59. The lowest BCUT2D eigenvalue weighted by Gasteiger charge is -2.54. The molecule has 7 heteroatoms. The Morgan fingerprint density at radius 2 is 1.67 bits per heavy atom. The van der Waals surface area contributed by atoms with E-state index in [1.165, 1.54) is 12.8 Å². The van der Waals surface area contributed by atoms with Gasteiger partial charge in [-0.15, -0.1) is 0 Å². The van der Waals surface area contributed by atoms with Gasteiger partial charge in [0.15, 0.2) is 0 Å². The maximum Gasteiger partial charge on any atom is 0.407 e. The standard InChI is InChI=1S/C20H39N3O4/c1-7-8-9-10-11-22-18(25)27-16-14-19(2,3)23(20(4,5)15-16)12-13-26-17(24)21-6/h16H,7-15H2,1-6H3,(H,21,24)(H,22,25). The first-order valence-electron chi connectivity index (χ1n) is 10.2. The Morgan fingerprint density at radius 1 is 1.04 bits per heavy atom. The van der Waals surface area contributed by atoms with E-state index in [1.807, 2.05) is 0 Å². The second kappa shape index (κ2) is 10.7. The van der Waals surface area contributed by atoms with Crippen LogP contribution in [0.25, 0.3) is 0 Å². The zero-order chi connectivity index (χ0) is 20.5. The first-order chi connectivity index (χ1) is 12.6. The molecule has 0 aliphatic carbocycles. The van der Waals surface area contributed by atoms with Crippen LogP contribution in [-0.2, 0) is 9.47 Å². The van der Waals surface area contributed by atoms with Crippen molar-refractivity contribution in [1.29, 1.82) is 0 Å². The van der Waals surface area contributed by atoms with Crippen LogP contribution in [0.1, 0.15) is 73.1 Å². The van der Waals surface area contributed by atoms with Gasteiger partial charge in [0.2, 0.25) is 0 Å². The van der Waals surface area contributed by atoms with Crippen molar-refractivity contribution in [3.63, 3.8) is 0 Å². The van der Waals surface area contributed by atoms with Crippen molar-refractivity contribution in [2.75, 3.05) is 26.7 Å². The van der Waals surface area contributed by atoms with Crippen molar-refractivity contribution in [3.05, 3.63) is 0 Å². The van der Waals surface area contributed by atoms with Gasteiger partial charge >= 0.3 is 12.2 Å². The van der Waals surface area contributed by atoms with Crippen molar-refractivity contribution in [1.82, 2.24) is 15.5 Å². The molecule has 0 saturated carbocycles. The van der Waals surface area contributed by atoms with E-state index in [0.717, 1.165) is 25.7 Å². The summed E-state index contributed by atoms with van der Waals surface area (Å²) in [5.74, 6) is 0. The molecule has 158 valence electrons. The van der Waals surface area contributed by atoms with E-state index in [4.69, 9.17) is 9.47 Å². The smallest absolute Gasteiger partial charge is 0.407 e. The number of hydrogen-bond acceptors (Lipinski definition) is 5. The molecule has 1 heterocycles. The van der Waals surface area contributed by atoms with Gasteiger partial charge in [-0.1, -0.05) is 26.2 Å². The lowest BCUT2D eigenvalue weighted by molar-refractivity contribution is -0.0888. The number of nitrogens with zero attached hydrogens (tertiary/aromatic N) is 1. The number of carbonyl (C=O) groups is 2. The quantitative estimate of drug-likeness (QED) is 0.592. The molecule has 1 rings (SSSR count). The lowest BCUT2D eigenvalue weighted by atomic mass is 9.78. The number of carbonyl (C=O) groups excluding carboxylic acids is 2. The zero-order valence-electron chi connectivity index (χ0n) is 18.0. The minimum atomic E-state index is -0.417. The number of ether oxygens (including phenoxy) is 2. The summed E-state index contributed by atoms with van der Waals surface area (Å²) >= 11 is 0. The molecule has 0 aromatic rings. The number of unbranched alkanes of at least 4 members (excludes halogenated alkanes) is 3. The van der Waals surface area contributed by atoms with Crippen molar-refractivity contribution in [3.8, 4) is 0 Å². The van der Waals surface area contributed by atoms with Gasteiger partial charge in [0.1, 0.15) is 12.7 Å². The van der Waals surface area contributed by atoms with Crippen LogP contribution < -0.4 is 10.6 Å². The van der Waals surface area contributed by atoms with Gasteiger partial charge in [0.25, 0.3) is 0 Å². The molecule has 1 fully saturated rings. The zero-order valence-corrected chi connectivity index (χ0v) is 18.0. The Bertz CT molecular complexity index is 462. The second-order valence-electron chi connectivity index (χ2n) is 8.59. The molecule has 27 heavy (non-hydrogen) atoms. The van der Waals surface area contributed by atoms with E-state index in [9.17, 15) is 9.59 Å². The first-order valence-corrected chi connectivity index (χ1v) is 10.2. The fourth-order valence-corrected chi connectivity index (χ4v) is 4.15. The predicted molar refractivity (Wildman–Crippen MR) is 107 cm³/mol. The SMILES string of the molecule is CCCCCCNC(=O)OC1CC(C)(C)N(CCOC(=O)NC)C(C)(C)C1. The van der Waals surface area contributed by atoms with E-state index in [2.05, 4.69) is 50.2 Å². The minimum absolute atomic E-state index is 0.123. The molecule has 0 spiro atoms.